The quantitative estimate of drug-likeness (QED) is 0.704. The lowest BCUT2D eigenvalue weighted by molar-refractivity contribution is 0.0953. The Morgan fingerprint density at radius 3 is 2.86 bits per heavy atom. The number of benzene rings is 1. The number of aromatic nitrogens is 3. The van der Waals surface area contributed by atoms with Crippen LogP contribution >= 0.6 is 11.6 Å². The van der Waals surface area contributed by atoms with Crippen molar-refractivity contribution in [3.63, 3.8) is 0 Å². The average Bonchev–Trinajstić information content (AvgIpc) is 2.92. The zero-order valence-corrected chi connectivity index (χ0v) is 18.1. The zero-order chi connectivity index (χ0) is 20.8. The van der Waals surface area contributed by atoms with E-state index in [1.165, 1.54) is 13.5 Å². The van der Waals surface area contributed by atoms with Crippen LogP contribution in [-0.4, -0.2) is 40.9 Å². The molecule has 158 valence electrons. The third kappa shape index (κ3) is 5.41. The summed E-state index contributed by atoms with van der Waals surface area (Å²) < 4.78 is 13.3. The number of nitrogens with one attached hydrogen (secondary N) is 1. The molecule has 0 unspecified atom stereocenters. The van der Waals surface area contributed by atoms with Crippen LogP contribution in [0.5, 0.6) is 11.5 Å². The summed E-state index contributed by atoms with van der Waals surface area (Å²) in [5.41, 5.74) is 0.434. The van der Waals surface area contributed by atoms with Crippen molar-refractivity contribution in [2.45, 2.75) is 52.5 Å². The van der Waals surface area contributed by atoms with Crippen LogP contribution in [0.1, 0.15) is 55.1 Å². The van der Waals surface area contributed by atoms with E-state index in [1.807, 2.05) is 0 Å². The molecule has 1 aliphatic heterocycles. The number of fused-ring (bicyclic) bond motifs is 1. The summed E-state index contributed by atoms with van der Waals surface area (Å²) in [5.74, 6) is 3.03. The van der Waals surface area contributed by atoms with Gasteiger partial charge in [0.1, 0.15) is 11.6 Å². The minimum absolute atomic E-state index is 0.212. The molecule has 0 fully saturated rings. The van der Waals surface area contributed by atoms with E-state index >= 15 is 0 Å². The van der Waals surface area contributed by atoms with Crippen molar-refractivity contribution in [1.82, 2.24) is 20.1 Å². The van der Waals surface area contributed by atoms with Gasteiger partial charge in [0.2, 0.25) is 0 Å². The van der Waals surface area contributed by atoms with E-state index in [0.29, 0.717) is 47.6 Å². The second-order valence-electron chi connectivity index (χ2n) is 7.69. The van der Waals surface area contributed by atoms with Gasteiger partial charge in [-0.3, -0.25) is 4.79 Å². The van der Waals surface area contributed by atoms with E-state index in [0.717, 1.165) is 37.5 Å². The number of carbonyl (C=O) groups excluding carboxylic acids is 1. The lowest BCUT2D eigenvalue weighted by Gasteiger charge is -2.15. The zero-order valence-electron chi connectivity index (χ0n) is 17.3. The maximum absolute atomic E-state index is 12.6. The Balaban J connectivity index is 1.62. The summed E-state index contributed by atoms with van der Waals surface area (Å²) in [6.07, 6.45) is 5.14. The van der Waals surface area contributed by atoms with E-state index in [-0.39, 0.29) is 5.91 Å². The predicted octanol–water partition coefficient (Wildman–Crippen LogP) is 3.67. The van der Waals surface area contributed by atoms with Gasteiger partial charge in [-0.15, -0.1) is 10.2 Å². The van der Waals surface area contributed by atoms with Crippen LogP contribution in [0.3, 0.4) is 0 Å². The molecule has 0 radical (unpaired) electrons. The fourth-order valence-corrected chi connectivity index (χ4v) is 3.63. The first-order valence-corrected chi connectivity index (χ1v) is 10.6. The number of rotatable bonds is 8. The summed E-state index contributed by atoms with van der Waals surface area (Å²) >= 11 is 6.34. The minimum atomic E-state index is -0.212. The first-order chi connectivity index (χ1) is 14.0. The first-order valence-electron chi connectivity index (χ1n) is 10.2. The van der Waals surface area contributed by atoms with Gasteiger partial charge in [0.15, 0.2) is 11.5 Å². The third-order valence-electron chi connectivity index (χ3n) is 4.87. The second-order valence-corrected chi connectivity index (χ2v) is 8.10. The standard InChI is InChI=1S/C21H29ClN4O3/c1-14(2)13-29-20-16(22)11-15(12-17(20)28-3)21(27)23-9-8-19-25-24-18-7-5-4-6-10-26(18)19/h11-12,14H,4-10,13H2,1-3H3,(H,23,27). The monoisotopic (exact) mass is 420 g/mol. The van der Waals surface area contributed by atoms with Crippen molar-refractivity contribution in [2.75, 3.05) is 20.3 Å². The molecule has 0 saturated heterocycles. The predicted molar refractivity (Wildman–Crippen MR) is 112 cm³/mol. The molecule has 1 amide bonds. The number of methoxy groups -OCH3 is 1. The van der Waals surface area contributed by atoms with Gasteiger partial charge in [-0.1, -0.05) is 31.9 Å². The molecule has 7 nitrogen and oxygen atoms in total. The van der Waals surface area contributed by atoms with E-state index in [4.69, 9.17) is 21.1 Å². The molecule has 8 heteroatoms. The largest absolute Gasteiger partial charge is 0.493 e. The van der Waals surface area contributed by atoms with Crippen molar-refractivity contribution in [2.24, 2.45) is 5.92 Å². The number of ether oxygens (including phenoxy) is 2. The number of carbonyl (C=O) groups is 1. The second kappa shape index (κ2) is 9.96. The Morgan fingerprint density at radius 2 is 2.10 bits per heavy atom. The SMILES string of the molecule is COc1cc(C(=O)NCCc2nnc3n2CCCCC3)cc(Cl)c1OCC(C)C. The number of amides is 1. The fourth-order valence-electron chi connectivity index (χ4n) is 3.36. The Hall–Kier alpha value is -2.28. The number of hydrogen-bond donors (Lipinski definition) is 1. The van der Waals surface area contributed by atoms with Crippen LogP contribution in [-0.2, 0) is 19.4 Å². The van der Waals surface area contributed by atoms with Crippen molar-refractivity contribution < 1.29 is 14.3 Å². The lowest BCUT2D eigenvalue weighted by atomic mass is 10.1. The van der Waals surface area contributed by atoms with E-state index in [9.17, 15) is 4.79 Å². The molecule has 1 aliphatic rings. The first kappa shape index (κ1) is 21.4. The maximum Gasteiger partial charge on any atom is 0.251 e. The number of nitrogens with zero attached hydrogens (tertiary/aromatic N) is 3. The topological polar surface area (TPSA) is 78.3 Å². The molecular weight excluding hydrogens is 392 g/mol. The van der Waals surface area contributed by atoms with Crippen molar-refractivity contribution >= 4 is 17.5 Å². The maximum atomic E-state index is 12.6. The van der Waals surface area contributed by atoms with Crippen LogP contribution in [0.4, 0.5) is 0 Å². The molecule has 0 atom stereocenters. The summed E-state index contributed by atoms with van der Waals surface area (Å²) in [6.45, 7) is 6.05. The summed E-state index contributed by atoms with van der Waals surface area (Å²) in [5, 5.41) is 11.9. The molecule has 0 bridgehead atoms. The Kier molecular flexibility index (Phi) is 7.36. The Bertz CT molecular complexity index is 851. The van der Waals surface area contributed by atoms with Gasteiger partial charge < -0.3 is 19.4 Å². The molecule has 1 aromatic carbocycles. The van der Waals surface area contributed by atoms with E-state index in [1.54, 1.807) is 12.1 Å². The number of aryl methyl sites for hydroxylation is 1. The number of hydrogen-bond acceptors (Lipinski definition) is 5. The molecule has 2 heterocycles. The lowest BCUT2D eigenvalue weighted by Crippen LogP contribution is -2.26. The normalized spacial score (nSPS) is 13.7. The third-order valence-corrected chi connectivity index (χ3v) is 5.15. The highest BCUT2D eigenvalue weighted by molar-refractivity contribution is 6.32. The Labute approximate surface area is 176 Å². The van der Waals surface area contributed by atoms with E-state index < -0.39 is 0 Å². The van der Waals surface area contributed by atoms with Gasteiger partial charge in [0, 0.05) is 31.5 Å². The van der Waals surface area contributed by atoms with Gasteiger partial charge in [-0.25, -0.2) is 0 Å². The molecule has 0 saturated carbocycles. The smallest absolute Gasteiger partial charge is 0.251 e. The highest BCUT2D eigenvalue weighted by atomic mass is 35.5. The van der Waals surface area contributed by atoms with Crippen LogP contribution in [0.2, 0.25) is 5.02 Å². The molecular formula is C21H29ClN4O3. The van der Waals surface area contributed by atoms with Crippen molar-refractivity contribution in [1.29, 1.82) is 0 Å². The average molecular weight is 421 g/mol. The fraction of sp³-hybridized carbons (Fsp3) is 0.571. The summed E-state index contributed by atoms with van der Waals surface area (Å²) in [4.78, 5) is 12.6. The van der Waals surface area contributed by atoms with Crippen LogP contribution in [0.15, 0.2) is 12.1 Å². The van der Waals surface area contributed by atoms with Gasteiger partial charge >= 0.3 is 0 Å². The van der Waals surface area contributed by atoms with Crippen molar-refractivity contribution in [3.05, 3.63) is 34.4 Å². The minimum Gasteiger partial charge on any atom is -0.493 e. The molecule has 3 rings (SSSR count). The molecule has 0 aliphatic carbocycles. The van der Waals surface area contributed by atoms with Crippen LogP contribution < -0.4 is 14.8 Å². The molecule has 1 N–H and O–H groups in total. The summed E-state index contributed by atoms with van der Waals surface area (Å²) in [7, 11) is 1.53. The van der Waals surface area contributed by atoms with E-state index in [2.05, 4.69) is 33.9 Å². The molecule has 0 spiro atoms. The van der Waals surface area contributed by atoms with Crippen molar-refractivity contribution in [3.8, 4) is 11.5 Å². The number of halogens is 1. The van der Waals surface area contributed by atoms with Gasteiger partial charge in [0.25, 0.3) is 5.91 Å². The van der Waals surface area contributed by atoms with Gasteiger partial charge in [-0.2, -0.15) is 0 Å². The van der Waals surface area contributed by atoms with Gasteiger partial charge in [0.05, 0.1) is 18.7 Å². The Morgan fingerprint density at radius 1 is 1.28 bits per heavy atom. The summed E-state index contributed by atoms with van der Waals surface area (Å²) in [6, 6.07) is 3.26. The highest BCUT2D eigenvalue weighted by Gasteiger charge is 2.18. The molecule has 1 aromatic heterocycles. The highest BCUT2D eigenvalue weighted by Crippen LogP contribution is 2.36. The van der Waals surface area contributed by atoms with Gasteiger partial charge in [-0.05, 0) is 30.9 Å². The van der Waals surface area contributed by atoms with Crippen LogP contribution in [0, 0.1) is 5.92 Å². The molecule has 29 heavy (non-hydrogen) atoms. The molecule has 2 aromatic rings. The van der Waals surface area contributed by atoms with Crippen LogP contribution in [0.25, 0.3) is 0 Å².